The van der Waals surface area contributed by atoms with Crippen molar-refractivity contribution in [3.05, 3.63) is 53.6 Å². The Bertz CT molecular complexity index is 898. The average molecular weight is 368 g/mol. The van der Waals surface area contributed by atoms with Crippen LogP contribution in [0.2, 0.25) is 0 Å². The van der Waals surface area contributed by atoms with E-state index in [4.69, 9.17) is 0 Å². The molecular weight excluding hydrogens is 348 g/mol. The highest BCUT2D eigenvalue weighted by Crippen LogP contribution is 2.30. The fourth-order valence-electron chi connectivity index (χ4n) is 2.48. The number of fused-ring (bicyclic) bond motifs is 1. The molecule has 7 heteroatoms. The molecule has 0 aliphatic carbocycles. The zero-order valence-electron chi connectivity index (χ0n) is 14.6. The highest BCUT2D eigenvalue weighted by Gasteiger charge is 2.11. The molecule has 26 heavy (non-hydrogen) atoms. The molecule has 0 aliphatic rings. The van der Waals surface area contributed by atoms with Gasteiger partial charge in [0.05, 0.1) is 10.2 Å². The molecule has 6 nitrogen and oxygen atoms in total. The van der Waals surface area contributed by atoms with Crippen LogP contribution < -0.4 is 16.0 Å². The normalized spacial score (nSPS) is 10.5. The van der Waals surface area contributed by atoms with Crippen LogP contribution in [-0.4, -0.2) is 23.5 Å². The number of nitrogens with one attached hydrogen (secondary N) is 3. The van der Waals surface area contributed by atoms with E-state index in [1.807, 2.05) is 38.1 Å². The Balaban J connectivity index is 1.49. The van der Waals surface area contributed by atoms with Gasteiger partial charge in [-0.3, -0.25) is 4.79 Å². The number of nitrogens with zero attached hydrogens (tertiary/aromatic N) is 1. The number of anilines is 2. The second-order valence-electron chi connectivity index (χ2n) is 5.94. The summed E-state index contributed by atoms with van der Waals surface area (Å²) in [4.78, 5) is 28.4. The van der Waals surface area contributed by atoms with Gasteiger partial charge in [0.1, 0.15) is 0 Å². The van der Waals surface area contributed by atoms with Crippen LogP contribution in [0.1, 0.15) is 17.5 Å². The predicted octanol–water partition coefficient (Wildman–Crippen LogP) is 4.06. The van der Waals surface area contributed by atoms with Crippen molar-refractivity contribution in [1.29, 1.82) is 0 Å². The van der Waals surface area contributed by atoms with E-state index in [1.54, 1.807) is 12.1 Å². The molecule has 1 heterocycles. The average Bonchev–Trinajstić information content (AvgIpc) is 3.04. The number of aromatic nitrogens is 1. The Labute approximate surface area is 155 Å². The maximum atomic E-state index is 12.1. The summed E-state index contributed by atoms with van der Waals surface area (Å²) in [5.41, 5.74) is 3.85. The number of para-hydroxylation sites is 1. The highest BCUT2D eigenvalue weighted by atomic mass is 32.1. The summed E-state index contributed by atoms with van der Waals surface area (Å²) >= 11 is 1.47. The third kappa shape index (κ3) is 4.37. The molecule has 3 amide bonds. The number of carbonyl (C=O) groups is 2. The highest BCUT2D eigenvalue weighted by molar-refractivity contribution is 7.22. The molecule has 3 rings (SSSR count). The first-order chi connectivity index (χ1) is 12.5. The standard InChI is InChI=1S/C19H20N4O2S/c1-12-8-9-13(2)17-16(12)23-19(26-17)22-15(24)10-11-20-18(25)21-14-6-4-3-5-7-14/h3-9H,10-11H2,1-2H3,(H2,20,21,25)(H,22,23,24). The zero-order chi connectivity index (χ0) is 18.5. The Morgan fingerprint density at radius 2 is 1.73 bits per heavy atom. The molecule has 0 spiro atoms. The van der Waals surface area contributed by atoms with Gasteiger partial charge in [-0.25, -0.2) is 9.78 Å². The third-order valence-electron chi connectivity index (χ3n) is 3.86. The molecule has 0 unspecified atom stereocenters. The van der Waals surface area contributed by atoms with Gasteiger partial charge in [0.2, 0.25) is 5.91 Å². The van der Waals surface area contributed by atoms with Crippen molar-refractivity contribution < 1.29 is 9.59 Å². The van der Waals surface area contributed by atoms with Crippen LogP contribution >= 0.6 is 11.3 Å². The Kier molecular flexibility index (Phi) is 5.48. The topological polar surface area (TPSA) is 83.1 Å². The summed E-state index contributed by atoms with van der Waals surface area (Å²) in [6, 6.07) is 12.9. The number of rotatable bonds is 5. The fourth-order valence-corrected chi connectivity index (χ4v) is 3.51. The first-order valence-electron chi connectivity index (χ1n) is 8.29. The maximum Gasteiger partial charge on any atom is 0.319 e. The predicted molar refractivity (Wildman–Crippen MR) is 106 cm³/mol. The van der Waals surface area contributed by atoms with Gasteiger partial charge in [-0.05, 0) is 37.1 Å². The van der Waals surface area contributed by atoms with E-state index in [0.717, 1.165) is 21.3 Å². The summed E-state index contributed by atoms with van der Waals surface area (Å²) in [6.07, 6.45) is 0.177. The van der Waals surface area contributed by atoms with Crippen molar-refractivity contribution in [2.75, 3.05) is 17.2 Å². The van der Waals surface area contributed by atoms with Gasteiger partial charge in [0.25, 0.3) is 0 Å². The van der Waals surface area contributed by atoms with E-state index in [-0.39, 0.29) is 24.9 Å². The lowest BCUT2D eigenvalue weighted by atomic mass is 10.1. The summed E-state index contributed by atoms with van der Waals surface area (Å²) in [7, 11) is 0. The van der Waals surface area contributed by atoms with E-state index in [1.165, 1.54) is 11.3 Å². The third-order valence-corrected chi connectivity index (χ3v) is 4.96. The number of aryl methyl sites for hydroxylation is 2. The molecule has 0 atom stereocenters. The summed E-state index contributed by atoms with van der Waals surface area (Å²) < 4.78 is 1.08. The van der Waals surface area contributed by atoms with Crippen LogP contribution in [0.5, 0.6) is 0 Å². The number of hydrogen-bond donors (Lipinski definition) is 3. The minimum Gasteiger partial charge on any atom is -0.337 e. The summed E-state index contributed by atoms with van der Waals surface area (Å²) in [5.74, 6) is -0.181. The summed E-state index contributed by atoms with van der Waals surface area (Å²) in [6.45, 7) is 4.27. The molecule has 1 aromatic heterocycles. The lowest BCUT2D eigenvalue weighted by Gasteiger charge is -2.07. The van der Waals surface area contributed by atoms with Crippen LogP contribution in [0.3, 0.4) is 0 Å². The second-order valence-corrected chi connectivity index (χ2v) is 6.94. The minimum absolute atomic E-state index is 0.177. The minimum atomic E-state index is -0.338. The molecule has 0 aliphatic heterocycles. The molecule has 0 saturated carbocycles. The molecule has 0 radical (unpaired) electrons. The van der Waals surface area contributed by atoms with E-state index in [0.29, 0.717) is 10.8 Å². The van der Waals surface area contributed by atoms with Gasteiger partial charge >= 0.3 is 6.03 Å². The maximum absolute atomic E-state index is 12.1. The van der Waals surface area contributed by atoms with Crippen molar-refractivity contribution in [3.8, 4) is 0 Å². The van der Waals surface area contributed by atoms with Crippen LogP contribution in [0.15, 0.2) is 42.5 Å². The second kappa shape index (κ2) is 7.97. The van der Waals surface area contributed by atoms with Crippen molar-refractivity contribution in [1.82, 2.24) is 10.3 Å². The van der Waals surface area contributed by atoms with E-state index in [9.17, 15) is 9.59 Å². The lowest BCUT2D eigenvalue weighted by molar-refractivity contribution is -0.116. The Morgan fingerprint density at radius 1 is 1.00 bits per heavy atom. The number of hydrogen-bond acceptors (Lipinski definition) is 4. The molecule has 0 saturated heterocycles. The fraction of sp³-hybridized carbons (Fsp3) is 0.211. The molecule has 2 aromatic carbocycles. The molecule has 0 fully saturated rings. The van der Waals surface area contributed by atoms with Crippen molar-refractivity contribution >= 4 is 44.3 Å². The molecule has 0 bridgehead atoms. The van der Waals surface area contributed by atoms with E-state index < -0.39 is 0 Å². The van der Waals surface area contributed by atoms with Crippen LogP contribution in [0.25, 0.3) is 10.2 Å². The van der Waals surface area contributed by atoms with Crippen LogP contribution in [0, 0.1) is 13.8 Å². The number of urea groups is 1. The monoisotopic (exact) mass is 368 g/mol. The van der Waals surface area contributed by atoms with Gasteiger partial charge in [-0.1, -0.05) is 41.7 Å². The quantitative estimate of drug-likeness (QED) is 0.635. The van der Waals surface area contributed by atoms with Gasteiger partial charge in [0.15, 0.2) is 5.13 Å². The number of thiazole rings is 1. The van der Waals surface area contributed by atoms with E-state index >= 15 is 0 Å². The van der Waals surface area contributed by atoms with Crippen molar-refractivity contribution in [2.45, 2.75) is 20.3 Å². The van der Waals surface area contributed by atoms with E-state index in [2.05, 4.69) is 27.0 Å². The number of benzene rings is 2. The molecule has 3 N–H and O–H groups in total. The Hall–Kier alpha value is -2.93. The molecular formula is C19H20N4O2S. The van der Waals surface area contributed by atoms with Gasteiger partial charge in [-0.2, -0.15) is 0 Å². The van der Waals surface area contributed by atoms with Gasteiger partial charge in [-0.15, -0.1) is 0 Å². The number of carbonyl (C=O) groups excluding carboxylic acids is 2. The summed E-state index contributed by atoms with van der Waals surface area (Å²) in [5, 5.41) is 8.75. The Morgan fingerprint density at radius 3 is 2.46 bits per heavy atom. The van der Waals surface area contributed by atoms with Crippen molar-refractivity contribution in [2.24, 2.45) is 0 Å². The van der Waals surface area contributed by atoms with Gasteiger partial charge in [0, 0.05) is 18.7 Å². The first kappa shape index (κ1) is 17.9. The van der Waals surface area contributed by atoms with Gasteiger partial charge < -0.3 is 16.0 Å². The van der Waals surface area contributed by atoms with Crippen LogP contribution in [-0.2, 0) is 4.79 Å². The smallest absolute Gasteiger partial charge is 0.319 e. The SMILES string of the molecule is Cc1ccc(C)c2sc(NC(=O)CCNC(=O)Nc3ccccc3)nc12. The molecule has 134 valence electrons. The first-order valence-corrected chi connectivity index (χ1v) is 9.11. The number of amides is 3. The van der Waals surface area contributed by atoms with Crippen LogP contribution in [0.4, 0.5) is 15.6 Å². The molecule has 3 aromatic rings. The zero-order valence-corrected chi connectivity index (χ0v) is 15.4. The lowest BCUT2D eigenvalue weighted by Crippen LogP contribution is -2.31. The largest absolute Gasteiger partial charge is 0.337 e. The van der Waals surface area contributed by atoms with Crippen molar-refractivity contribution in [3.63, 3.8) is 0 Å².